The van der Waals surface area contributed by atoms with Crippen LogP contribution in [0.3, 0.4) is 0 Å². The zero-order chi connectivity index (χ0) is 15.4. The standard InChI is InChI=1S/C15H18N2O4/c1-4-20-12-5-7-13(8-6-12)21-10-11-9-14(18)17(3)15(19)16(11)2/h5-9H,4,10H2,1-3H3. The minimum Gasteiger partial charge on any atom is -0.494 e. The van der Waals surface area contributed by atoms with Gasteiger partial charge in [-0.1, -0.05) is 0 Å². The number of rotatable bonds is 5. The topological polar surface area (TPSA) is 62.5 Å². The van der Waals surface area contributed by atoms with Gasteiger partial charge in [-0.15, -0.1) is 0 Å². The van der Waals surface area contributed by atoms with E-state index in [2.05, 4.69) is 0 Å². The Labute approximate surface area is 122 Å². The Morgan fingerprint density at radius 3 is 2.10 bits per heavy atom. The highest BCUT2D eigenvalue weighted by Gasteiger charge is 2.06. The van der Waals surface area contributed by atoms with Crippen LogP contribution in [0.15, 0.2) is 39.9 Å². The van der Waals surface area contributed by atoms with Gasteiger partial charge >= 0.3 is 5.69 Å². The maximum atomic E-state index is 11.8. The van der Waals surface area contributed by atoms with Crippen LogP contribution in [0.5, 0.6) is 11.5 Å². The van der Waals surface area contributed by atoms with E-state index in [1.807, 2.05) is 19.1 Å². The van der Waals surface area contributed by atoms with E-state index in [1.54, 1.807) is 19.2 Å². The van der Waals surface area contributed by atoms with Crippen LogP contribution in [0.2, 0.25) is 0 Å². The van der Waals surface area contributed by atoms with Gasteiger partial charge in [-0.3, -0.25) is 13.9 Å². The number of ether oxygens (including phenoxy) is 2. The number of hydrogen-bond acceptors (Lipinski definition) is 4. The molecule has 0 aliphatic heterocycles. The van der Waals surface area contributed by atoms with Crippen molar-refractivity contribution in [2.45, 2.75) is 13.5 Å². The highest BCUT2D eigenvalue weighted by molar-refractivity contribution is 5.31. The van der Waals surface area contributed by atoms with Gasteiger partial charge in [0.2, 0.25) is 0 Å². The molecule has 0 aliphatic carbocycles. The number of nitrogens with zero attached hydrogens (tertiary/aromatic N) is 2. The lowest BCUT2D eigenvalue weighted by atomic mass is 10.3. The average molecular weight is 290 g/mol. The summed E-state index contributed by atoms with van der Waals surface area (Å²) in [6.07, 6.45) is 0. The van der Waals surface area contributed by atoms with Crippen molar-refractivity contribution in [1.29, 1.82) is 0 Å². The Balaban J connectivity index is 2.13. The van der Waals surface area contributed by atoms with Gasteiger partial charge in [-0.25, -0.2) is 4.79 Å². The Kier molecular flexibility index (Phi) is 4.47. The van der Waals surface area contributed by atoms with E-state index in [9.17, 15) is 9.59 Å². The van der Waals surface area contributed by atoms with Gasteiger partial charge in [-0.05, 0) is 31.2 Å². The van der Waals surface area contributed by atoms with E-state index in [0.717, 1.165) is 10.3 Å². The van der Waals surface area contributed by atoms with Crippen LogP contribution in [-0.2, 0) is 20.7 Å². The summed E-state index contributed by atoms with van der Waals surface area (Å²) in [5.74, 6) is 1.41. The van der Waals surface area contributed by atoms with Crippen LogP contribution in [0, 0.1) is 0 Å². The lowest BCUT2D eigenvalue weighted by molar-refractivity contribution is 0.292. The maximum Gasteiger partial charge on any atom is 0.330 e. The molecule has 0 saturated heterocycles. The molecule has 0 radical (unpaired) electrons. The summed E-state index contributed by atoms with van der Waals surface area (Å²) in [7, 11) is 3.06. The highest BCUT2D eigenvalue weighted by Crippen LogP contribution is 2.18. The molecule has 21 heavy (non-hydrogen) atoms. The third-order valence-corrected chi connectivity index (χ3v) is 3.15. The molecule has 0 spiro atoms. The largest absolute Gasteiger partial charge is 0.494 e. The lowest BCUT2D eigenvalue weighted by Gasteiger charge is -2.11. The van der Waals surface area contributed by atoms with Crippen molar-refractivity contribution in [2.24, 2.45) is 14.1 Å². The van der Waals surface area contributed by atoms with Gasteiger partial charge in [0.25, 0.3) is 5.56 Å². The molecule has 0 aliphatic rings. The Bertz CT molecular complexity index is 729. The molecule has 1 aromatic heterocycles. The first-order chi connectivity index (χ1) is 10.0. The molecule has 0 atom stereocenters. The second kappa shape index (κ2) is 6.30. The molecule has 112 valence electrons. The van der Waals surface area contributed by atoms with E-state index in [0.29, 0.717) is 18.1 Å². The summed E-state index contributed by atoms with van der Waals surface area (Å²) in [4.78, 5) is 23.4. The fourth-order valence-electron chi connectivity index (χ4n) is 1.87. The number of benzene rings is 1. The molecule has 1 heterocycles. The average Bonchev–Trinajstić information content (AvgIpc) is 2.49. The number of hydrogen-bond donors (Lipinski definition) is 0. The third kappa shape index (κ3) is 3.34. The van der Waals surface area contributed by atoms with E-state index in [-0.39, 0.29) is 17.9 Å². The summed E-state index contributed by atoms with van der Waals surface area (Å²) in [5, 5.41) is 0. The van der Waals surface area contributed by atoms with Crippen LogP contribution in [0.1, 0.15) is 12.6 Å². The molecule has 0 amide bonds. The lowest BCUT2D eigenvalue weighted by Crippen LogP contribution is -2.38. The van der Waals surface area contributed by atoms with Gasteiger partial charge in [0.05, 0.1) is 12.3 Å². The van der Waals surface area contributed by atoms with Crippen LogP contribution >= 0.6 is 0 Å². The molecule has 0 saturated carbocycles. The first kappa shape index (κ1) is 14.9. The fraction of sp³-hybridized carbons (Fsp3) is 0.333. The molecule has 2 aromatic rings. The molecular formula is C15H18N2O4. The molecule has 6 heteroatoms. The fourth-order valence-corrected chi connectivity index (χ4v) is 1.87. The quantitative estimate of drug-likeness (QED) is 0.826. The van der Waals surface area contributed by atoms with Crippen LogP contribution in [0.25, 0.3) is 0 Å². The van der Waals surface area contributed by atoms with Crippen LogP contribution in [-0.4, -0.2) is 15.7 Å². The molecule has 0 bridgehead atoms. The number of aromatic nitrogens is 2. The molecule has 2 rings (SSSR count). The van der Waals surface area contributed by atoms with E-state index in [4.69, 9.17) is 9.47 Å². The van der Waals surface area contributed by atoms with E-state index in [1.165, 1.54) is 17.7 Å². The smallest absolute Gasteiger partial charge is 0.330 e. The Morgan fingerprint density at radius 1 is 0.952 bits per heavy atom. The first-order valence-electron chi connectivity index (χ1n) is 6.64. The molecule has 1 aromatic carbocycles. The molecule has 0 unspecified atom stereocenters. The second-order valence-electron chi connectivity index (χ2n) is 4.57. The normalized spacial score (nSPS) is 10.4. The van der Waals surface area contributed by atoms with Crippen molar-refractivity contribution in [2.75, 3.05) is 6.61 Å². The van der Waals surface area contributed by atoms with Gasteiger partial charge in [0.15, 0.2) is 0 Å². The maximum absolute atomic E-state index is 11.8. The summed E-state index contributed by atoms with van der Waals surface area (Å²) in [5.41, 5.74) is -0.187. The molecule has 6 nitrogen and oxygen atoms in total. The second-order valence-corrected chi connectivity index (χ2v) is 4.57. The SMILES string of the molecule is CCOc1ccc(OCc2cc(=O)n(C)c(=O)n2C)cc1. The van der Waals surface area contributed by atoms with Crippen molar-refractivity contribution < 1.29 is 9.47 Å². The van der Waals surface area contributed by atoms with Gasteiger partial charge in [0, 0.05) is 20.2 Å². The zero-order valence-electron chi connectivity index (χ0n) is 12.3. The monoisotopic (exact) mass is 290 g/mol. The minimum absolute atomic E-state index is 0.149. The third-order valence-electron chi connectivity index (χ3n) is 3.15. The van der Waals surface area contributed by atoms with Crippen LogP contribution < -0.4 is 20.7 Å². The van der Waals surface area contributed by atoms with Crippen molar-refractivity contribution >= 4 is 0 Å². The van der Waals surface area contributed by atoms with Crippen molar-refractivity contribution in [3.63, 3.8) is 0 Å². The minimum atomic E-state index is -0.368. The van der Waals surface area contributed by atoms with E-state index >= 15 is 0 Å². The summed E-state index contributed by atoms with van der Waals surface area (Å²) in [6.45, 7) is 2.67. The van der Waals surface area contributed by atoms with Crippen LogP contribution in [0.4, 0.5) is 0 Å². The zero-order valence-corrected chi connectivity index (χ0v) is 12.3. The predicted octanol–water partition coefficient (Wildman–Crippen LogP) is 1.06. The van der Waals surface area contributed by atoms with Crippen molar-refractivity contribution in [3.8, 4) is 11.5 Å². The first-order valence-corrected chi connectivity index (χ1v) is 6.64. The summed E-state index contributed by atoms with van der Waals surface area (Å²) in [6, 6.07) is 8.58. The summed E-state index contributed by atoms with van der Waals surface area (Å²) < 4.78 is 13.4. The van der Waals surface area contributed by atoms with E-state index < -0.39 is 0 Å². The molecular weight excluding hydrogens is 272 g/mol. The molecule has 0 N–H and O–H groups in total. The molecule has 0 fully saturated rings. The van der Waals surface area contributed by atoms with Gasteiger partial charge < -0.3 is 9.47 Å². The van der Waals surface area contributed by atoms with Gasteiger partial charge in [-0.2, -0.15) is 0 Å². The predicted molar refractivity (Wildman–Crippen MR) is 78.9 cm³/mol. The van der Waals surface area contributed by atoms with Gasteiger partial charge in [0.1, 0.15) is 18.1 Å². The van der Waals surface area contributed by atoms with Crippen molar-refractivity contribution in [1.82, 2.24) is 9.13 Å². The summed E-state index contributed by atoms with van der Waals surface area (Å²) >= 11 is 0. The Hall–Kier alpha value is -2.50. The Morgan fingerprint density at radius 2 is 1.52 bits per heavy atom. The highest BCUT2D eigenvalue weighted by atomic mass is 16.5. The van der Waals surface area contributed by atoms with Crippen molar-refractivity contribution in [3.05, 3.63) is 56.9 Å².